The summed E-state index contributed by atoms with van der Waals surface area (Å²) in [5.74, 6) is 1.23. The number of piperidine rings is 1. The maximum absolute atomic E-state index is 12.5. The summed E-state index contributed by atoms with van der Waals surface area (Å²) in [6.07, 6.45) is 10.7. The number of hydrogen-bond donors (Lipinski definition) is 0. The van der Waals surface area contributed by atoms with Crippen LogP contribution < -0.4 is 4.74 Å². The van der Waals surface area contributed by atoms with E-state index < -0.39 is 0 Å². The molecule has 1 aromatic heterocycles. The Morgan fingerprint density at radius 2 is 2.07 bits per heavy atom. The van der Waals surface area contributed by atoms with E-state index in [2.05, 4.69) is 35.0 Å². The molecular weight excluding hydrogens is 374 g/mol. The summed E-state index contributed by atoms with van der Waals surface area (Å²) in [4.78, 5) is 21.5. The van der Waals surface area contributed by atoms with Crippen LogP contribution in [0, 0.1) is 0 Å². The standard InChI is InChI=1S/C25H35N3O2/c1-2-3-8-20-17-21-9-7-12-26-25(21)23(18-20)30-22-10-15-27(19-22)16-11-24(29)28-13-5-4-6-14-28/h7,9,12,17-18,22H,2-6,8,10-11,13-16,19H2,1H3/t22-/m0/s1. The van der Waals surface area contributed by atoms with Crippen LogP contribution >= 0.6 is 0 Å². The van der Waals surface area contributed by atoms with Gasteiger partial charge in [0.1, 0.15) is 17.4 Å². The van der Waals surface area contributed by atoms with Gasteiger partial charge in [-0.2, -0.15) is 0 Å². The summed E-state index contributed by atoms with van der Waals surface area (Å²) in [7, 11) is 0. The Bertz CT molecular complexity index is 847. The highest BCUT2D eigenvalue weighted by Gasteiger charge is 2.26. The Morgan fingerprint density at radius 1 is 1.20 bits per heavy atom. The summed E-state index contributed by atoms with van der Waals surface area (Å²) < 4.78 is 6.46. The van der Waals surface area contributed by atoms with Gasteiger partial charge in [-0.3, -0.25) is 14.7 Å². The molecule has 0 unspecified atom stereocenters. The summed E-state index contributed by atoms with van der Waals surface area (Å²) >= 11 is 0. The van der Waals surface area contributed by atoms with Crippen LogP contribution in [0.2, 0.25) is 0 Å². The number of nitrogens with zero attached hydrogens (tertiary/aromatic N) is 3. The van der Waals surface area contributed by atoms with E-state index >= 15 is 0 Å². The quantitative estimate of drug-likeness (QED) is 0.647. The first kappa shape index (κ1) is 21.1. The van der Waals surface area contributed by atoms with Gasteiger partial charge in [0.15, 0.2) is 0 Å². The lowest BCUT2D eigenvalue weighted by atomic mass is 10.0. The molecule has 5 heteroatoms. The van der Waals surface area contributed by atoms with Crippen molar-refractivity contribution in [2.45, 2.75) is 64.4 Å². The molecule has 0 radical (unpaired) electrons. The molecule has 1 amide bonds. The van der Waals surface area contributed by atoms with Crippen molar-refractivity contribution in [3.8, 4) is 5.75 Å². The molecule has 1 aromatic carbocycles. The van der Waals surface area contributed by atoms with Crippen LogP contribution in [-0.4, -0.2) is 59.5 Å². The molecule has 2 fully saturated rings. The highest BCUT2D eigenvalue weighted by molar-refractivity contribution is 5.85. The number of fused-ring (bicyclic) bond motifs is 1. The number of likely N-dealkylation sites (tertiary alicyclic amines) is 2. The van der Waals surface area contributed by atoms with Gasteiger partial charge >= 0.3 is 0 Å². The van der Waals surface area contributed by atoms with E-state index in [9.17, 15) is 4.79 Å². The number of hydrogen-bond acceptors (Lipinski definition) is 4. The van der Waals surface area contributed by atoms with Crippen LogP contribution in [0.1, 0.15) is 57.4 Å². The number of unbranched alkanes of at least 4 members (excludes halogenated alkanes) is 1. The monoisotopic (exact) mass is 409 g/mol. The van der Waals surface area contributed by atoms with Crippen molar-refractivity contribution in [3.63, 3.8) is 0 Å². The predicted octanol–water partition coefficient (Wildman–Crippen LogP) is 4.43. The predicted molar refractivity (Wildman–Crippen MR) is 121 cm³/mol. The van der Waals surface area contributed by atoms with Gasteiger partial charge in [-0.25, -0.2) is 0 Å². The van der Waals surface area contributed by atoms with Crippen molar-refractivity contribution >= 4 is 16.8 Å². The van der Waals surface area contributed by atoms with E-state index in [4.69, 9.17) is 4.74 Å². The average molecular weight is 410 g/mol. The molecule has 0 bridgehead atoms. The molecule has 2 aliphatic heterocycles. The number of benzene rings is 1. The van der Waals surface area contributed by atoms with Crippen LogP contribution in [0.25, 0.3) is 10.9 Å². The topological polar surface area (TPSA) is 45.7 Å². The smallest absolute Gasteiger partial charge is 0.223 e. The lowest BCUT2D eigenvalue weighted by Crippen LogP contribution is -2.37. The Balaban J connectivity index is 1.34. The van der Waals surface area contributed by atoms with Crippen molar-refractivity contribution in [2.75, 3.05) is 32.7 Å². The van der Waals surface area contributed by atoms with E-state index in [0.717, 1.165) is 75.1 Å². The Kier molecular flexibility index (Phi) is 7.21. The molecule has 0 spiro atoms. The van der Waals surface area contributed by atoms with E-state index in [1.165, 1.54) is 24.8 Å². The molecule has 2 aliphatic rings. The summed E-state index contributed by atoms with van der Waals surface area (Å²) in [5, 5.41) is 1.16. The zero-order valence-corrected chi connectivity index (χ0v) is 18.3. The second kappa shape index (κ2) is 10.3. The molecule has 0 saturated carbocycles. The molecule has 5 nitrogen and oxygen atoms in total. The van der Waals surface area contributed by atoms with Crippen LogP contribution in [0.3, 0.4) is 0 Å². The largest absolute Gasteiger partial charge is 0.487 e. The lowest BCUT2D eigenvalue weighted by molar-refractivity contribution is -0.132. The maximum Gasteiger partial charge on any atom is 0.223 e. The third kappa shape index (κ3) is 5.31. The van der Waals surface area contributed by atoms with E-state index in [1.807, 2.05) is 17.2 Å². The fourth-order valence-electron chi connectivity index (χ4n) is 4.66. The molecule has 0 N–H and O–H groups in total. The van der Waals surface area contributed by atoms with Crippen molar-refractivity contribution in [3.05, 3.63) is 36.0 Å². The summed E-state index contributed by atoms with van der Waals surface area (Å²) in [5.41, 5.74) is 2.28. The second-order valence-corrected chi connectivity index (χ2v) is 8.79. The first-order chi connectivity index (χ1) is 14.7. The summed E-state index contributed by atoms with van der Waals surface area (Å²) in [6.45, 7) is 6.84. The molecule has 2 saturated heterocycles. The Labute approximate surface area is 180 Å². The van der Waals surface area contributed by atoms with Gasteiger partial charge in [-0.05, 0) is 62.3 Å². The average Bonchev–Trinajstić information content (AvgIpc) is 3.24. The van der Waals surface area contributed by atoms with Crippen LogP contribution in [0.4, 0.5) is 0 Å². The van der Waals surface area contributed by atoms with E-state index in [0.29, 0.717) is 12.3 Å². The normalized spacial score (nSPS) is 20.0. The molecule has 0 aliphatic carbocycles. The molecule has 2 aromatic rings. The van der Waals surface area contributed by atoms with Gasteiger partial charge in [0.2, 0.25) is 5.91 Å². The van der Waals surface area contributed by atoms with Crippen molar-refractivity contribution in [2.24, 2.45) is 0 Å². The number of ether oxygens (including phenoxy) is 1. The number of amides is 1. The number of carbonyl (C=O) groups is 1. The minimum absolute atomic E-state index is 0.168. The second-order valence-electron chi connectivity index (χ2n) is 8.79. The molecular formula is C25H35N3O2. The number of aryl methyl sites for hydroxylation is 1. The fraction of sp³-hybridized carbons (Fsp3) is 0.600. The molecule has 162 valence electrons. The van der Waals surface area contributed by atoms with E-state index in [-0.39, 0.29) is 6.10 Å². The van der Waals surface area contributed by atoms with Crippen molar-refractivity contribution in [1.82, 2.24) is 14.8 Å². The number of carbonyl (C=O) groups excluding carboxylic acids is 1. The minimum Gasteiger partial charge on any atom is -0.487 e. The number of pyridine rings is 1. The van der Waals surface area contributed by atoms with Gasteiger partial charge in [0.05, 0.1) is 0 Å². The third-order valence-electron chi connectivity index (χ3n) is 6.42. The number of aromatic nitrogens is 1. The van der Waals surface area contributed by atoms with Crippen LogP contribution in [-0.2, 0) is 11.2 Å². The maximum atomic E-state index is 12.5. The van der Waals surface area contributed by atoms with Crippen molar-refractivity contribution < 1.29 is 9.53 Å². The SMILES string of the molecule is CCCCc1cc(O[C@H]2CCN(CCC(=O)N3CCCCC3)C2)c2ncccc2c1. The fourth-order valence-corrected chi connectivity index (χ4v) is 4.66. The highest BCUT2D eigenvalue weighted by atomic mass is 16.5. The zero-order valence-electron chi connectivity index (χ0n) is 18.3. The summed E-state index contributed by atoms with van der Waals surface area (Å²) in [6, 6.07) is 8.55. The molecule has 1 atom stereocenters. The van der Waals surface area contributed by atoms with Gasteiger partial charge in [-0.15, -0.1) is 0 Å². The Hall–Kier alpha value is -2.14. The highest BCUT2D eigenvalue weighted by Crippen LogP contribution is 2.29. The first-order valence-electron chi connectivity index (χ1n) is 11.8. The van der Waals surface area contributed by atoms with Crippen molar-refractivity contribution in [1.29, 1.82) is 0 Å². The number of rotatable bonds is 8. The van der Waals surface area contributed by atoms with Crippen LogP contribution in [0.15, 0.2) is 30.5 Å². The van der Waals surface area contributed by atoms with Gasteiger partial charge in [0, 0.05) is 50.7 Å². The lowest BCUT2D eigenvalue weighted by Gasteiger charge is -2.27. The first-order valence-corrected chi connectivity index (χ1v) is 11.8. The molecule has 30 heavy (non-hydrogen) atoms. The van der Waals surface area contributed by atoms with Gasteiger partial charge in [-0.1, -0.05) is 19.4 Å². The van der Waals surface area contributed by atoms with Gasteiger partial charge < -0.3 is 9.64 Å². The zero-order chi connectivity index (χ0) is 20.8. The third-order valence-corrected chi connectivity index (χ3v) is 6.42. The molecule has 3 heterocycles. The molecule has 4 rings (SSSR count). The van der Waals surface area contributed by atoms with Gasteiger partial charge in [0.25, 0.3) is 0 Å². The minimum atomic E-state index is 0.168. The van der Waals surface area contributed by atoms with Crippen LogP contribution in [0.5, 0.6) is 5.75 Å². The van der Waals surface area contributed by atoms with E-state index in [1.54, 1.807) is 0 Å². The Morgan fingerprint density at radius 3 is 2.90 bits per heavy atom.